The number of nitrogens with one attached hydrogen (secondary N) is 1. The van der Waals surface area contributed by atoms with E-state index >= 15 is 0 Å². The van der Waals surface area contributed by atoms with Gasteiger partial charge in [0.15, 0.2) is 0 Å². The first-order chi connectivity index (χ1) is 14.2. The Kier molecular flexibility index (Phi) is 6.36. The van der Waals surface area contributed by atoms with E-state index in [1.807, 2.05) is 37.3 Å². The third-order valence-electron chi connectivity index (χ3n) is 5.31. The van der Waals surface area contributed by atoms with E-state index in [-0.39, 0.29) is 6.04 Å². The van der Waals surface area contributed by atoms with Gasteiger partial charge in [0.2, 0.25) is 0 Å². The van der Waals surface area contributed by atoms with Crippen LogP contribution in [0.5, 0.6) is 0 Å². The second-order valence-corrected chi connectivity index (χ2v) is 8.56. The number of hydrogen-bond acceptors (Lipinski definition) is 2. The van der Waals surface area contributed by atoms with Crippen molar-refractivity contribution >= 4 is 24.7 Å². The average Bonchev–Trinajstić information content (AvgIpc) is 2.79. The fraction of sp³-hybridized carbons (Fsp3) is 0.154. The van der Waals surface area contributed by atoms with Crippen LogP contribution in [0.4, 0.5) is 0 Å². The first-order valence-corrected chi connectivity index (χ1v) is 11.2. The van der Waals surface area contributed by atoms with Gasteiger partial charge in [-0.1, -0.05) is 99.6 Å². The van der Waals surface area contributed by atoms with Crippen LogP contribution in [-0.2, 0) is 0 Å². The Morgan fingerprint density at radius 3 is 2.31 bits per heavy atom. The van der Waals surface area contributed by atoms with Gasteiger partial charge in [0.05, 0.1) is 6.10 Å². The molecule has 4 aromatic carbocycles. The molecule has 2 N–H and O–H groups in total. The Balaban J connectivity index is 1.46. The molecule has 3 heteroatoms. The molecule has 146 valence electrons. The highest BCUT2D eigenvalue weighted by atomic mass is 31.1. The predicted octanol–water partition coefficient (Wildman–Crippen LogP) is 5.48. The van der Waals surface area contributed by atoms with E-state index < -0.39 is 6.10 Å². The smallest absolute Gasteiger partial charge is 0.0940 e. The van der Waals surface area contributed by atoms with Gasteiger partial charge in [-0.15, -0.1) is 0 Å². The number of hydrogen-bond donors (Lipinski definition) is 2. The second-order valence-electron chi connectivity index (χ2n) is 7.31. The quantitative estimate of drug-likeness (QED) is 0.403. The Labute approximate surface area is 174 Å². The first kappa shape index (κ1) is 19.8. The van der Waals surface area contributed by atoms with E-state index in [0.29, 0.717) is 8.58 Å². The molecule has 3 atom stereocenters. The molecule has 4 rings (SSSR count). The molecule has 0 aliphatic rings. The summed E-state index contributed by atoms with van der Waals surface area (Å²) in [5.74, 6) is 0. The summed E-state index contributed by atoms with van der Waals surface area (Å²) < 4.78 is 0. The van der Waals surface area contributed by atoms with Crippen LogP contribution in [-0.4, -0.2) is 17.4 Å². The maximum atomic E-state index is 10.6. The Morgan fingerprint density at radius 1 is 0.793 bits per heavy atom. The van der Waals surface area contributed by atoms with E-state index in [9.17, 15) is 5.11 Å². The van der Waals surface area contributed by atoms with Gasteiger partial charge in [0.1, 0.15) is 0 Å². The molecule has 0 aliphatic carbocycles. The lowest BCUT2D eigenvalue weighted by Crippen LogP contribution is -2.32. The zero-order chi connectivity index (χ0) is 20.1. The van der Waals surface area contributed by atoms with Crippen LogP contribution in [0, 0.1) is 0 Å². The fourth-order valence-electron chi connectivity index (χ4n) is 3.60. The minimum atomic E-state index is -0.503. The molecular weight excluding hydrogens is 373 g/mol. The molecule has 0 heterocycles. The number of fused-ring (bicyclic) bond motifs is 1. The average molecular weight is 399 g/mol. The molecule has 0 bridgehead atoms. The van der Waals surface area contributed by atoms with E-state index in [1.54, 1.807) is 0 Å². The molecule has 2 nitrogen and oxygen atoms in total. The SMILES string of the molecule is C[C@H](NCPc1ccccc1-c1ccc2ccccc2c1)C(O)c1ccccc1. The predicted molar refractivity (Wildman–Crippen MR) is 126 cm³/mol. The van der Waals surface area contributed by atoms with Gasteiger partial charge in [-0.05, 0) is 45.8 Å². The minimum absolute atomic E-state index is 0.00210. The highest BCUT2D eigenvalue weighted by molar-refractivity contribution is 7.47. The zero-order valence-electron chi connectivity index (χ0n) is 16.5. The fourth-order valence-corrected chi connectivity index (χ4v) is 4.85. The van der Waals surface area contributed by atoms with Crippen molar-refractivity contribution in [1.29, 1.82) is 0 Å². The van der Waals surface area contributed by atoms with Crippen LogP contribution < -0.4 is 10.6 Å². The molecule has 2 unspecified atom stereocenters. The number of aliphatic hydroxyl groups is 1. The molecule has 0 amide bonds. The summed E-state index contributed by atoms with van der Waals surface area (Å²) in [6.07, 6.45) is 0.340. The van der Waals surface area contributed by atoms with Gasteiger partial charge >= 0.3 is 0 Å². The van der Waals surface area contributed by atoms with Crippen LogP contribution >= 0.6 is 8.58 Å². The molecule has 0 aliphatic heterocycles. The normalized spacial score (nSPS) is 13.7. The van der Waals surface area contributed by atoms with Gasteiger partial charge < -0.3 is 10.4 Å². The summed E-state index contributed by atoms with van der Waals surface area (Å²) in [6.45, 7) is 2.04. The van der Waals surface area contributed by atoms with Crippen LogP contribution in [0.1, 0.15) is 18.6 Å². The molecule has 0 saturated carbocycles. The highest BCUT2D eigenvalue weighted by Gasteiger charge is 2.15. The minimum Gasteiger partial charge on any atom is -0.387 e. The lowest BCUT2D eigenvalue weighted by molar-refractivity contribution is 0.139. The lowest BCUT2D eigenvalue weighted by atomic mass is 10.0. The monoisotopic (exact) mass is 399 g/mol. The number of benzene rings is 4. The van der Waals surface area contributed by atoms with Crippen molar-refractivity contribution < 1.29 is 5.11 Å². The van der Waals surface area contributed by atoms with Gasteiger partial charge in [0.25, 0.3) is 0 Å². The lowest BCUT2D eigenvalue weighted by Gasteiger charge is -2.21. The van der Waals surface area contributed by atoms with Crippen LogP contribution in [0.3, 0.4) is 0 Å². The van der Waals surface area contributed by atoms with Crippen molar-refractivity contribution in [1.82, 2.24) is 5.32 Å². The van der Waals surface area contributed by atoms with E-state index in [1.165, 1.54) is 27.2 Å². The van der Waals surface area contributed by atoms with Gasteiger partial charge in [-0.3, -0.25) is 0 Å². The van der Waals surface area contributed by atoms with E-state index in [0.717, 1.165) is 11.8 Å². The van der Waals surface area contributed by atoms with Crippen molar-refractivity contribution in [2.24, 2.45) is 0 Å². The summed E-state index contributed by atoms with van der Waals surface area (Å²) in [5.41, 5.74) is 3.49. The molecule has 0 saturated heterocycles. The Bertz CT molecular complexity index is 1080. The van der Waals surface area contributed by atoms with Crippen LogP contribution in [0.25, 0.3) is 21.9 Å². The van der Waals surface area contributed by atoms with Crippen molar-refractivity contribution in [2.75, 3.05) is 6.29 Å². The Hall–Kier alpha value is -2.51. The molecule has 0 fully saturated rings. The van der Waals surface area contributed by atoms with Crippen molar-refractivity contribution in [3.8, 4) is 11.1 Å². The second kappa shape index (κ2) is 9.33. The van der Waals surface area contributed by atoms with E-state index in [2.05, 4.69) is 72.0 Å². The van der Waals surface area contributed by atoms with Gasteiger partial charge in [-0.2, -0.15) is 0 Å². The highest BCUT2D eigenvalue weighted by Crippen LogP contribution is 2.27. The largest absolute Gasteiger partial charge is 0.387 e. The third kappa shape index (κ3) is 4.74. The van der Waals surface area contributed by atoms with Crippen LogP contribution in [0.15, 0.2) is 97.1 Å². The topological polar surface area (TPSA) is 32.3 Å². The maximum Gasteiger partial charge on any atom is 0.0940 e. The van der Waals surface area contributed by atoms with Crippen molar-refractivity contribution in [2.45, 2.75) is 19.1 Å². The zero-order valence-corrected chi connectivity index (χ0v) is 17.5. The number of rotatable bonds is 7. The Morgan fingerprint density at radius 2 is 1.48 bits per heavy atom. The van der Waals surface area contributed by atoms with Gasteiger partial charge in [-0.25, -0.2) is 0 Å². The summed E-state index contributed by atoms with van der Waals surface area (Å²) in [5, 5.41) is 17.9. The van der Waals surface area contributed by atoms with Crippen molar-refractivity contribution in [3.05, 3.63) is 103 Å². The third-order valence-corrected chi connectivity index (χ3v) is 6.50. The van der Waals surface area contributed by atoms with Crippen molar-refractivity contribution in [3.63, 3.8) is 0 Å². The number of aliphatic hydroxyl groups excluding tert-OH is 1. The molecule has 0 radical (unpaired) electrons. The first-order valence-electron chi connectivity index (χ1n) is 10.0. The molecule has 4 aromatic rings. The van der Waals surface area contributed by atoms with Gasteiger partial charge in [0, 0.05) is 12.3 Å². The molecule has 0 spiro atoms. The molecule has 0 aromatic heterocycles. The summed E-state index contributed by atoms with van der Waals surface area (Å²) in [6, 6.07) is 33.6. The summed E-state index contributed by atoms with van der Waals surface area (Å²) >= 11 is 0. The van der Waals surface area contributed by atoms with E-state index in [4.69, 9.17) is 0 Å². The molecular formula is C26H26NOP. The summed E-state index contributed by atoms with van der Waals surface area (Å²) in [7, 11) is 0.627. The molecule has 29 heavy (non-hydrogen) atoms. The maximum absolute atomic E-state index is 10.6. The van der Waals surface area contributed by atoms with Crippen LogP contribution in [0.2, 0.25) is 0 Å². The summed E-state index contributed by atoms with van der Waals surface area (Å²) in [4.78, 5) is 0. The standard InChI is InChI=1S/C26H26NOP/c1-19(26(28)21-10-3-2-4-11-21)27-18-29-25-14-8-7-13-24(25)23-16-15-20-9-5-6-12-22(20)17-23/h2-17,19,26-29H,18H2,1H3/t19-,26?/m0/s1.